The van der Waals surface area contributed by atoms with Gasteiger partial charge in [0.1, 0.15) is 5.82 Å². The molecule has 3 rings (SSSR count). The van der Waals surface area contributed by atoms with E-state index in [1.807, 2.05) is 30.3 Å². The fourth-order valence-corrected chi connectivity index (χ4v) is 3.25. The predicted molar refractivity (Wildman–Crippen MR) is 89.8 cm³/mol. The van der Waals surface area contributed by atoms with Crippen LogP contribution in [0.1, 0.15) is 11.3 Å². The third-order valence-electron chi connectivity index (χ3n) is 3.71. The van der Waals surface area contributed by atoms with E-state index in [9.17, 15) is 4.79 Å². The summed E-state index contributed by atoms with van der Waals surface area (Å²) in [6, 6.07) is 9.55. The molecule has 23 heavy (non-hydrogen) atoms. The van der Waals surface area contributed by atoms with Crippen molar-refractivity contribution in [1.29, 1.82) is 0 Å². The normalized spacial score (nSPS) is 15.8. The summed E-state index contributed by atoms with van der Waals surface area (Å²) >= 11 is 12.6. The summed E-state index contributed by atoms with van der Waals surface area (Å²) in [7, 11) is 1.57. The molecular formula is C16H15Cl2N3O2. The molecule has 0 unspecified atom stereocenters. The Bertz CT molecular complexity index is 750. The lowest BCUT2D eigenvalue weighted by atomic mass is 10.1. The van der Waals surface area contributed by atoms with Crippen LogP contribution in [0.15, 0.2) is 30.3 Å². The summed E-state index contributed by atoms with van der Waals surface area (Å²) in [6.07, 6.45) is 0. The smallest absolute Gasteiger partial charge is 0.269 e. The quantitative estimate of drug-likeness (QED) is 0.794. The summed E-state index contributed by atoms with van der Waals surface area (Å²) < 4.78 is 3.39. The molecule has 2 aromatic rings. The number of aromatic nitrogens is 2. The van der Waals surface area contributed by atoms with Gasteiger partial charge in [-0.25, -0.2) is 9.97 Å². The number of amides is 1. The zero-order valence-corrected chi connectivity index (χ0v) is 14.2. The molecule has 7 heteroatoms. The van der Waals surface area contributed by atoms with E-state index in [0.717, 1.165) is 5.56 Å². The van der Waals surface area contributed by atoms with E-state index in [1.54, 1.807) is 14.0 Å². The van der Waals surface area contributed by atoms with Crippen LogP contribution in [0.3, 0.4) is 0 Å². The molecule has 0 spiro atoms. The number of halogens is 2. The first-order valence-corrected chi connectivity index (χ1v) is 7.85. The van der Waals surface area contributed by atoms with Gasteiger partial charge in [0, 0.05) is 12.7 Å². The number of rotatable bonds is 4. The topological polar surface area (TPSA) is 55.3 Å². The number of ether oxygens (including phenoxy) is 1. The van der Waals surface area contributed by atoms with Crippen molar-refractivity contribution >= 4 is 34.9 Å². The van der Waals surface area contributed by atoms with Crippen LogP contribution in [0.2, 0.25) is 0 Å². The Hall–Kier alpha value is -1.69. The lowest BCUT2D eigenvalue weighted by Crippen LogP contribution is -2.36. The minimum atomic E-state index is -1.66. The lowest BCUT2D eigenvalue weighted by molar-refractivity contribution is -0.118. The maximum absolute atomic E-state index is 12.5. The van der Waals surface area contributed by atoms with Crippen molar-refractivity contribution < 1.29 is 9.53 Å². The molecule has 0 bridgehead atoms. The second-order valence-corrected chi connectivity index (χ2v) is 6.55. The maximum Gasteiger partial charge on any atom is 0.269 e. The molecule has 2 heterocycles. The Balaban J connectivity index is 2.14. The number of anilines is 1. The average molecular weight is 352 g/mol. The molecule has 1 aliphatic heterocycles. The van der Waals surface area contributed by atoms with Gasteiger partial charge in [0.2, 0.25) is 4.33 Å². The zero-order valence-electron chi connectivity index (χ0n) is 12.7. The summed E-state index contributed by atoms with van der Waals surface area (Å²) in [4.78, 5) is 23.0. The first kappa shape index (κ1) is 16.2. The van der Waals surface area contributed by atoms with Crippen LogP contribution in [0.25, 0.3) is 11.4 Å². The van der Waals surface area contributed by atoms with Crippen molar-refractivity contribution in [2.75, 3.05) is 25.2 Å². The SMILES string of the molecule is COCCN1C(=O)C(Cl)(Cl)c2c(C)nc(-c3ccccc3)nc21. The molecule has 1 aliphatic rings. The number of benzene rings is 1. The van der Waals surface area contributed by atoms with E-state index in [-0.39, 0.29) is 0 Å². The molecule has 1 aromatic heterocycles. The van der Waals surface area contributed by atoms with Gasteiger partial charge in [0.15, 0.2) is 5.82 Å². The Morgan fingerprint density at radius 3 is 2.57 bits per heavy atom. The fourth-order valence-electron chi connectivity index (χ4n) is 2.60. The number of alkyl halides is 2. The third-order valence-corrected chi connectivity index (χ3v) is 4.41. The highest BCUT2D eigenvalue weighted by atomic mass is 35.5. The van der Waals surface area contributed by atoms with E-state index >= 15 is 0 Å². The minimum absolute atomic E-state index is 0.328. The highest BCUT2D eigenvalue weighted by Crippen LogP contribution is 2.48. The van der Waals surface area contributed by atoms with E-state index in [4.69, 9.17) is 27.9 Å². The van der Waals surface area contributed by atoms with Gasteiger partial charge in [-0.1, -0.05) is 53.5 Å². The van der Waals surface area contributed by atoms with Crippen LogP contribution >= 0.6 is 23.2 Å². The highest BCUT2D eigenvalue weighted by molar-refractivity contribution is 6.60. The number of nitrogens with zero attached hydrogens (tertiary/aromatic N) is 3. The molecule has 0 saturated heterocycles. The van der Waals surface area contributed by atoms with Gasteiger partial charge in [-0.05, 0) is 6.92 Å². The zero-order chi connectivity index (χ0) is 16.6. The maximum atomic E-state index is 12.5. The Morgan fingerprint density at radius 2 is 1.91 bits per heavy atom. The summed E-state index contributed by atoms with van der Waals surface area (Å²) in [6.45, 7) is 2.46. The number of carbonyl (C=O) groups is 1. The van der Waals surface area contributed by atoms with Gasteiger partial charge in [0.25, 0.3) is 5.91 Å². The van der Waals surface area contributed by atoms with Crippen LogP contribution in [-0.4, -0.2) is 36.1 Å². The Labute approximate surface area is 144 Å². The largest absolute Gasteiger partial charge is 0.383 e. The van der Waals surface area contributed by atoms with E-state index < -0.39 is 10.2 Å². The molecule has 120 valence electrons. The van der Waals surface area contributed by atoms with E-state index in [1.165, 1.54) is 4.90 Å². The van der Waals surface area contributed by atoms with Crippen molar-refractivity contribution in [2.24, 2.45) is 0 Å². The summed E-state index contributed by atoms with van der Waals surface area (Å²) in [5.41, 5.74) is 1.90. The molecule has 0 aliphatic carbocycles. The average Bonchev–Trinajstić information content (AvgIpc) is 2.73. The van der Waals surface area contributed by atoms with Crippen molar-refractivity contribution in [3.8, 4) is 11.4 Å². The number of hydrogen-bond acceptors (Lipinski definition) is 4. The molecule has 1 amide bonds. The van der Waals surface area contributed by atoms with E-state index in [2.05, 4.69) is 9.97 Å². The first-order chi connectivity index (χ1) is 11.0. The van der Waals surface area contributed by atoms with Crippen molar-refractivity contribution in [2.45, 2.75) is 11.3 Å². The van der Waals surface area contributed by atoms with Crippen LogP contribution in [0, 0.1) is 6.92 Å². The monoisotopic (exact) mass is 351 g/mol. The molecule has 0 N–H and O–H groups in total. The highest BCUT2D eigenvalue weighted by Gasteiger charge is 2.51. The summed E-state index contributed by atoms with van der Waals surface area (Å²) in [5, 5.41) is 0. The fraction of sp³-hybridized carbons (Fsp3) is 0.312. The molecule has 0 atom stereocenters. The third kappa shape index (κ3) is 2.69. The van der Waals surface area contributed by atoms with Crippen LogP contribution in [-0.2, 0) is 13.9 Å². The van der Waals surface area contributed by atoms with Crippen LogP contribution in [0.5, 0.6) is 0 Å². The Morgan fingerprint density at radius 1 is 1.22 bits per heavy atom. The molecule has 0 radical (unpaired) electrons. The predicted octanol–water partition coefficient (Wildman–Crippen LogP) is 3.08. The van der Waals surface area contributed by atoms with Gasteiger partial charge in [0.05, 0.1) is 24.4 Å². The molecule has 0 saturated carbocycles. The van der Waals surface area contributed by atoms with Crippen LogP contribution < -0.4 is 4.90 Å². The molecular weight excluding hydrogens is 337 g/mol. The second kappa shape index (κ2) is 6.07. The number of carbonyl (C=O) groups excluding carboxylic acids is 1. The number of aryl methyl sites for hydroxylation is 1. The van der Waals surface area contributed by atoms with Gasteiger partial charge in [-0.2, -0.15) is 0 Å². The second-order valence-electron chi connectivity index (χ2n) is 5.22. The number of hydrogen-bond donors (Lipinski definition) is 0. The van der Waals surface area contributed by atoms with Gasteiger partial charge >= 0.3 is 0 Å². The van der Waals surface area contributed by atoms with E-state index in [0.29, 0.717) is 36.1 Å². The van der Waals surface area contributed by atoms with Crippen LogP contribution in [0.4, 0.5) is 5.82 Å². The van der Waals surface area contributed by atoms with Gasteiger partial charge in [-0.15, -0.1) is 0 Å². The molecule has 5 nitrogen and oxygen atoms in total. The van der Waals surface area contributed by atoms with Gasteiger partial charge in [-0.3, -0.25) is 9.69 Å². The number of fused-ring (bicyclic) bond motifs is 1. The summed E-state index contributed by atoms with van der Waals surface area (Å²) in [5.74, 6) is 0.557. The van der Waals surface area contributed by atoms with Gasteiger partial charge < -0.3 is 4.74 Å². The molecule has 0 fully saturated rings. The van der Waals surface area contributed by atoms with Crippen molar-refractivity contribution in [3.63, 3.8) is 0 Å². The molecule has 1 aromatic carbocycles. The lowest BCUT2D eigenvalue weighted by Gasteiger charge is -2.16. The minimum Gasteiger partial charge on any atom is -0.383 e. The standard InChI is InChI=1S/C16H15Cl2N3O2/c1-10-12-14(20-13(19-10)11-6-4-3-5-7-11)21(8-9-23-2)15(22)16(12,17)18/h3-7H,8-9H2,1-2H3. The first-order valence-electron chi connectivity index (χ1n) is 7.10. The van der Waals surface area contributed by atoms with Crippen molar-refractivity contribution in [3.05, 3.63) is 41.6 Å². The number of methoxy groups -OCH3 is 1. The van der Waals surface area contributed by atoms with Crippen molar-refractivity contribution in [1.82, 2.24) is 9.97 Å². The Kier molecular flexibility index (Phi) is 4.27.